The van der Waals surface area contributed by atoms with Crippen LogP contribution in [0.25, 0.3) is 11.7 Å². The second-order valence-corrected chi connectivity index (χ2v) is 7.74. The highest BCUT2D eigenvalue weighted by Crippen LogP contribution is 2.35. The fourth-order valence-electron chi connectivity index (χ4n) is 4.26. The number of piperazine rings is 1. The van der Waals surface area contributed by atoms with Crippen LogP contribution < -0.4 is 10.2 Å². The monoisotopic (exact) mass is 379 g/mol. The number of para-hydroxylation sites is 1. The quantitative estimate of drug-likeness (QED) is 0.747. The van der Waals surface area contributed by atoms with Crippen molar-refractivity contribution in [2.24, 2.45) is 0 Å². The predicted molar refractivity (Wildman–Crippen MR) is 106 cm³/mol. The summed E-state index contributed by atoms with van der Waals surface area (Å²) in [6.45, 7) is 5.79. The lowest BCUT2D eigenvalue weighted by molar-refractivity contribution is 0.190. The van der Waals surface area contributed by atoms with Crippen LogP contribution in [0.4, 0.5) is 5.69 Å². The molecule has 2 atom stereocenters. The van der Waals surface area contributed by atoms with E-state index in [9.17, 15) is 0 Å². The molecule has 2 aromatic heterocycles. The number of benzene rings is 1. The van der Waals surface area contributed by atoms with Crippen molar-refractivity contribution >= 4 is 5.69 Å². The Balaban J connectivity index is 1.40. The first-order chi connectivity index (χ1) is 13.7. The van der Waals surface area contributed by atoms with Crippen LogP contribution in [0.3, 0.4) is 0 Å². The summed E-state index contributed by atoms with van der Waals surface area (Å²) in [5.41, 5.74) is 3.75. The van der Waals surface area contributed by atoms with Crippen molar-refractivity contribution in [3.63, 3.8) is 0 Å². The summed E-state index contributed by atoms with van der Waals surface area (Å²) >= 11 is 0. The summed E-state index contributed by atoms with van der Waals surface area (Å²) < 4.78 is 11.3. The molecule has 3 aromatic rings. The molecule has 0 saturated carbocycles. The van der Waals surface area contributed by atoms with Crippen molar-refractivity contribution in [3.05, 3.63) is 53.5 Å². The normalized spacial score (nSPS) is 22.6. The average molecular weight is 379 g/mol. The van der Waals surface area contributed by atoms with E-state index in [1.807, 2.05) is 6.07 Å². The van der Waals surface area contributed by atoms with E-state index in [0.717, 1.165) is 38.2 Å². The maximum atomic E-state index is 5.76. The fraction of sp³-hybridized carbons (Fsp3) is 0.429. The van der Waals surface area contributed by atoms with Crippen molar-refractivity contribution in [3.8, 4) is 11.7 Å². The number of anilines is 1. The van der Waals surface area contributed by atoms with Gasteiger partial charge in [-0.2, -0.15) is 4.98 Å². The largest absolute Gasteiger partial charge is 0.459 e. The van der Waals surface area contributed by atoms with Crippen LogP contribution in [-0.4, -0.2) is 47.8 Å². The fourth-order valence-corrected chi connectivity index (χ4v) is 4.26. The topological polar surface area (TPSA) is 70.6 Å². The molecule has 2 aliphatic heterocycles. The Hall–Kier alpha value is -2.64. The summed E-state index contributed by atoms with van der Waals surface area (Å²) in [5, 5.41) is 7.62. The van der Waals surface area contributed by atoms with E-state index in [4.69, 9.17) is 8.94 Å². The molecule has 1 aromatic carbocycles. The Morgan fingerprint density at radius 3 is 3.04 bits per heavy atom. The minimum atomic E-state index is 0.121. The van der Waals surface area contributed by atoms with Crippen LogP contribution in [0, 0.1) is 0 Å². The summed E-state index contributed by atoms with van der Waals surface area (Å²) in [6, 6.07) is 11.2. The third-order valence-corrected chi connectivity index (χ3v) is 5.88. The van der Waals surface area contributed by atoms with E-state index < -0.39 is 0 Å². The summed E-state index contributed by atoms with van der Waals surface area (Å²) in [5.74, 6) is 1.82. The van der Waals surface area contributed by atoms with Gasteiger partial charge in [-0.15, -0.1) is 0 Å². The maximum absolute atomic E-state index is 5.76. The molecule has 0 amide bonds. The lowest BCUT2D eigenvalue weighted by atomic mass is 10.1. The van der Waals surface area contributed by atoms with E-state index >= 15 is 0 Å². The zero-order valence-electron chi connectivity index (χ0n) is 16.3. The van der Waals surface area contributed by atoms with Crippen molar-refractivity contribution < 1.29 is 8.94 Å². The first-order valence-electron chi connectivity index (χ1n) is 9.86. The Kier molecular flexibility index (Phi) is 4.41. The van der Waals surface area contributed by atoms with Crippen molar-refractivity contribution in [2.45, 2.75) is 32.0 Å². The SMILES string of the molecule is CC1Cc2ccccc2N1Cc1ccoc1-c1nc(C2CNCCN2C)no1. The number of likely N-dealkylation sites (N-methyl/N-ethyl adjacent to an activating group) is 1. The Morgan fingerprint density at radius 2 is 2.14 bits per heavy atom. The second kappa shape index (κ2) is 7.07. The second-order valence-electron chi connectivity index (χ2n) is 7.74. The highest BCUT2D eigenvalue weighted by molar-refractivity contribution is 5.61. The Labute approximate surface area is 164 Å². The highest BCUT2D eigenvalue weighted by Gasteiger charge is 2.29. The molecule has 7 heteroatoms. The maximum Gasteiger partial charge on any atom is 0.294 e. The standard InChI is InChI=1S/C21H25N5O2/c1-14-11-15-5-3-4-6-17(15)26(14)13-16-7-10-27-19(16)21-23-20(24-28-21)18-12-22-8-9-25(18)2/h3-7,10,14,18,22H,8-9,11-13H2,1-2H3. The third kappa shape index (κ3) is 3.00. The molecule has 0 aliphatic carbocycles. The molecule has 28 heavy (non-hydrogen) atoms. The predicted octanol–water partition coefficient (Wildman–Crippen LogP) is 2.86. The number of nitrogens with zero attached hydrogens (tertiary/aromatic N) is 4. The van der Waals surface area contributed by atoms with Crippen molar-refractivity contribution in [2.75, 3.05) is 31.6 Å². The molecule has 4 heterocycles. The summed E-state index contributed by atoms with van der Waals surface area (Å²) in [7, 11) is 2.09. The van der Waals surface area contributed by atoms with Gasteiger partial charge in [0.05, 0.1) is 12.3 Å². The number of fused-ring (bicyclic) bond motifs is 1. The van der Waals surface area contributed by atoms with Gasteiger partial charge in [-0.1, -0.05) is 23.4 Å². The zero-order valence-corrected chi connectivity index (χ0v) is 16.3. The highest BCUT2D eigenvalue weighted by atomic mass is 16.5. The first-order valence-corrected chi connectivity index (χ1v) is 9.86. The van der Waals surface area contributed by atoms with E-state index in [2.05, 4.69) is 63.5 Å². The van der Waals surface area contributed by atoms with Crippen LogP contribution in [0.2, 0.25) is 0 Å². The number of furan rings is 1. The van der Waals surface area contributed by atoms with E-state index in [0.29, 0.717) is 23.5 Å². The van der Waals surface area contributed by atoms with Crippen LogP contribution in [0.15, 0.2) is 45.5 Å². The van der Waals surface area contributed by atoms with E-state index in [-0.39, 0.29) is 6.04 Å². The Morgan fingerprint density at radius 1 is 1.25 bits per heavy atom. The lowest BCUT2D eigenvalue weighted by Crippen LogP contribution is -2.44. The molecular formula is C21H25N5O2. The first kappa shape index (κ1) is 17.5. The van der Waals surface area contributed by atoms with Gasteiger partial charge in [0, 0.05) is 43.5 Å². The molecule has 0 radical (unpaired) electrons. The molecule has 7 nitrogen and oxygen atoms in total. The van der Waals surface area contributed by atoms with Gasteiger partial charge in [0.25, 0.3) is 5.89 Å². The van der Waals surface area contributed by atoms with Gasteiger partial charge < -0.3 is 19.2 Å². The van der Waals surface area contributed by atoms with Gasteiger partial charge in [-0.3, -0.25) is 4.90 Å². The average Bonchev–Trinajstić information content (AvgIpc) is 3.42. The Bertz CT molecular complexity index is 965. The van der Waals surface area contributed by atoms with E-state index in [1.165, 1.54) is 11.3 Å². The summed E-state index contributed by atoms with van der Waals surface area (Å²) in [6.07, 6.45) is 2.77. The molecule has 1 fully saturated rings. The van der Waals surface area contributed by atoms with Crippen LogP contribution >= 0.6 is 0 Å². The van der Waals surface area contributed by atoms with Gasteiger partial charge in [0.1, 0.15) is 0 Å². The number of hydrogen-bond acceptors (Lipinski definition) is 7. The van der Waals surface area contributed by atoms with Gasteiger partial charge in [-0.25, -0.2) is 0 Å². The van der Waals surface area contributed by atoms with E-state index in [1.54, 1.807) is 6.26 Å². The molecule has 0 bridgehead atoms. The molecular weight excluding hydrogens is 354 g/mol. The molecule has 1 N–H and O–H groups in total. The van der Waals surface area contributed by atoms with Gasteiger partial charge >= 0.3 is 0 Å². The van der Waals surface area contributed by atoms with Crippen LogP contribution in [0.1, 0.15) is 29.9 Å². The number of hydrogen-bond donors (Lipinski definition) is 1. The lowest BCUT2D eigenvalue weighted by Gasteiger charge is -2.30. The number of rotatable bonds is 4. The smallest absolute Gasteiger partial charge is 0.294 e. The van der Waals surface area contributed by atoms with Gasteiger partial charge in [-0.05, 0) is 38.1 Å². The number of aromatic nitrogens is 2. The zero-order chi connectivity index (χ0) is 19.1. The molecule has 0 spiro atoms. The van der Waals surface area contributed by atoms with Crippen LogP contribution in [-0.2, 0) is 13.0 Å². The molecule has 1 saturated heterocycles. The number of nitrogens with one attached hydrogen (secondary N) is 1. The molecule has 5 rings (SSSR count). The molecule has 2 unspecified atom stereocenters. The minimum Gasteiger partial charge on any atom is -0.459 e. The van der Waals surface area contributed by atoms with Gasteiger partial charge in [0.15, 0.2) is 11.6 Å². The molecule has 2 aliphatic rings. The van der Waals surface area contributed by atoms with Crippen molar-refractivity contribution in [1.82, 2.24) is 20.4 Å². The summed E-state index contributed by atoms with van der Waals surface area (Å²) in [4.78, 5) is 9.32. The van der Waals surface area contributed by atoms with Gasteiger partial charge in [0.2, 0.25) is 0 Å². The van der Waals surface area contributed by atoms with Crippen molar-refractivity contribution in [1.29, 1.82) is 0 Å². The third-order valence-electron chi connectivity index (χ3n) is 5.88. The van der Waals surface area contributed by atoms with Crippen LogP contribution in [0.5, 0.6) is 0 Å². The molecule has 146 valence electrons. The minimum absolute atomic E-state index is 0.121.